The summed E-state index contributed by atoms with van der Waals surface area (Å²) in [5, 5.41) is 3.41. The SMILES string of the molecule is CCCCCCCCCCCCCNc1cccnc1. The highest BCUT2D eigenvalue weighted by Gasteiger charge is 1.94. The Morgan fingerprint density at radius 2 is 1.45 bits per heavy atom. The number of pyridine rings is 1. The number of aromatic nitrogens is 1. The first-order valence-corrected chi connectivity index (χ1v) is 8.57. The third-order valence-electron chi connectivity index (χ3n) is 3.77. The second-order valence-corrected chi connectivity index (χ2v) is 5.70. The zero-order valence-electron chi connectivity index (χ0n) is 13.2. The topological polar surface area (TPSA) is 24.9 Å². The van der Waals surface area contributed by atoms with Gasteiger partial charge < -0.3 is 5.32 Å². The number of nitrogens with zero attached hydrogens (tertiary/aromatic N) is 1. The fourth-order valence-corrected chi connectivity index (χ4v) is 2.49. The van der Waals surface area contributed by atoms with E-state index in [9.17, 15) is 0 Å². The van der Waals surface area contributed by atoms with Crippen LogP contribution < -0.4 is 5.32 Å². The molecule has 20 heavy (non-hydrogen) atoms. The van der Waals surface area contributed by atoms with Crippen LogP contribution in [-0.4, -0.2) is 11.5 Å². The molecule has 0 aliphatic heterocycles. The van der Waals surface area contributed by atoms with Crippen LogP contribution in [0.1, 0.15) is 77.6 Å². The molecule has 0 saturated carbocycles. The van der Waals surface area contributed by atoms with Gasteiger partial charge in [-0.05, 0) is 18.6 Å². The zero-order chi connectivity index (χ0) is 14.3. The summed E-state index contributed by atoms with van der Waals surface area (Å²) in [6.45, 7) is 3.35. The van der Waals surface area contributed by atoms with Crippen molar-refractivity contribution in [1.29, 1.82) is 0 Å². The van der Waals surface area contributed by atoms with E-state index < -0.39 is 0 Å². The summed E-state index contributed by atoms with van der Waals surface area (Å²) >= 11 is 0. The van der Waals surface area contributed by atoms with Crippen LogP contribution in [-0.2, 0) is 0 Å². The highest BCUT2D eigenvalue weighted by Crippen LogP contribution is 2.11. The van der Waals surface area contributed by atoms with E-state index in [2.05, 4.69) is 23.3 Å². The van der Waals surface area contributed by atoms with Crippen LogP contribution in [0.3, 0.4) is 0 Å². The number of rotatable bonds is 13. The molecule has 0 spiro atoms. The number of nitrogens with one attached hydrogen (secondary N) is 1. The molecule has 1 N–H and O–H groups in total. The first-order chi connectivity index (χ1) is 9.93. The van der Waals surface area contributed by atoms with Gasteiger partial charge in [-0.2, -0.15) is 0 Å². The average Bonchev–Trinajstić information content (AvgIpc) is 2.49. The zero-order valence-corrected chi connectivity index (χ0v) is 13.2. The van der Waals surface area contributed by atoms with Crippen LogP contribution in [0.5, 0.6) is 0 Å². The van der Waals surface area contributed by atoms with E-state index in [1.807, 2.05) is 18.5 Å². The quantitative estimate of drug-likeness (QED) is 0.460. The molecule has 114 valence electrons. The minimum atomic E-state index is 1.07. The number of hydrogen-bond donors (Lipinski definition) is 1. The monoisotopic (exact) mass is 276 g/mol. The van der Waals surface area contributed by atoms with Gasteiger partial charge in [0.15, 0.2) is 0 Å². The van der Waals surface area contributed by atoms with Gasteiger partial charge in [0.1, 0.15) is 0 Å². The molecule has 0 radical (unpaired) electrons. The van der Waals surface area contributed by atoms with Crippen LogP contribution >= 0.6 is 0 Å². The average molecular weight is 276 g/mol. The Kier molecular flexibility index (Phi) is 11.0. The van der Waals surface area contributed by atoms with Gasteiger partial charge in [-0.15, -0.1) is 0 Å². The molecule has 1 aromatic heterocycles. The van der Waals surface area contributed by atoms with E-state index in [-0.39, 0.29) is 0 Å². The van der Waals surface area contributed by atoms with Crippen molar-refractivity contribution in [2.75, 3.05) is 11.9 Å². The lowest BCUT2D eigenvalue weighted by atomic mass is 10.1. The summed E-state index contributed by atoms with van der Waals surface area (Å²) in [4.78, 5) is 4.10. The summed E-state index contributed by atoms with van der Waals surface area (Å²) in [5.41, 5.74) is 1.14. The van der Waals surface area contributed by atoms with Gasteiger partial charge in [0.25, 0.3) is 0 Å². The Morgan fingerprint density at radius 3 is 2.00 bits per heavy atom. The first kappa shape index (κ1) is 17.0. The number of unbranched alkanes of at least 4 members (excludes halogenated alkanes) is 10. The molecule has 1 rings (SSSR count). The predicted octanol–water partition coefficient (Wildman–Crippen LogP) is 5.80. The molecule has 0 saturated heterocycles. The Labute approximate surface area is 125 Å². The highest BCUT2D eigenvalue weighted by molar-refractivity contribution is 5.39. The van der Waals surface area contributed by atoms with E-state index in [0.717, 1.165) is 12.2 Å². The van der Waals surface area contributed by atoms with Crippen molar-refractivity contribution >= 4 is 5.69 Å². The molecule has 0 amide bonds. The smallest absolute Gasteiger partial charge is 0.0526 e. The van der Waals surface area contributed by atoms with Crippen molar-refractivity contribution in [3.8, 4) is 0 Å². The van der Waals surface area contributed by atoms with E-state index >= 15 is 0 Å². The molecule has 0 fully saturated rings. The van der Waals surface area contributed by atoms with E-state index in [4.69, 9.17) is 0 Å². The minimum Gasteiger partial charge on any atom is -0.384 e. The molecular weight excluding hydrogens is 244 g/mol. The molecule has 0 aliphatic carbocycles. The summed E-state index contributed by atoms with van der Waals surface area (Å²) < 4.78 is 0. The summed E-state index contributed by atoms with van der Waals surface area (Å²) in [6, 6.07) is 4.05. The molecule has 1 aromatic rings. The maximum absolute atomic E-state index is 4.10. The molecule has 1 heterocycles. The predicted molar refractivity (Wildman–Crippen MR) is 89.2 cm³/mol. The van der Waals surface area contributed by atoms with Crippen molar-refractivity contribution in [2.45, 2.75) is 77.6 Å². The van der Waals surface area contributed by atoms with Crippen LogP contribution in [0.2, 0.25) is 0 Å². The molecule has 0 bridgehead atoms. The van der Waals surface area contributed by atoms with E-state index in [0.29, 0.717) is 0 Å². The van der Waals surface area contributed by atoms with Gasteiger partial charge in [-0.1, -0.05) is 71.1 Å². The molecule has 2 heteroatoms. The summed E-state index contributed by atoms with van der Waals surface area (Å²) in [5.74, 6) is 0. The number of hydrogen-bond acceptors (Lipinski definition) is 2. The molecule has 0 atom stereocenters. The molecule has 0 aromatic carbocycles. The van der Waals surface area contributed by atoms with E-state index in [1.54, 1.807) is 0 Å². The fourth-order valence-electron chi connectivity index (χ4n) is 2.49. The standard InChI is InChI=1S/C18H32N2/c1-2-3-4-5-6-7-8-9-10-11-12-16-20-18-14-13-15-19-17-18/h13-15,17,20H,2-12,16H2,1H3. The third kappa shape index (κ3) is 9.82. The second-order valence-electron chi connectivity index (χ2n) is 5.70. The van der Waals surface area contributed by atoms with Crippen LogP contribution in [0.4, 0.5) is 5.69 Å². The fraction of sp³-hybridized carbons (Fsp3) is 0.722. The van der Waals surface area contributed by atoms with Crippen LogP contribution in [0.15, 0.2) is 24.5 Å². The normalized spacial score (nSPS) is 10.7. The Hall–Kier alpha value is -1.05. The van der Waals surface area contributed by atoms with E-state index in [1.165, 1.54) is 70.6 Å². The van der Waals surface area contributed by atoms with Crippen LogP contribution in [0.25, 0.3) is 0 Å². The second kappa shape index (κ2) is 13.0. The lowest BCUT2D eigenvalue weighted by Crippen LogP contribution is -2.01. The lowest BCUT2D eigenvalue weighted by molar-refractivity contribution is 0.552. The Bertz CT molecular complexity index is 298. The molecule has 0 aliphatic rings. The van der Waals surface area contributed by atoms with Crippen LogP contribution in [0, 0.1) is 0 Å². The van der Waals surface area contributed by atoms with Crippen molar-refractivity contribution < 1.29 is 0 Å². The van der Waals surface area contributed by atoms with Gasteiger partial charge in [-0.25, -0.2) is 0 Å². The highest BCUT2D eigenvalue weighted by atomic mass is 14.9. The van der Waals surface area contributed by atoms with Gasteiger partial charge in [0, 0.05) is 18.9 Å². The van der Waals surface area contributed by atoms with Gasteiger partial charge in [-0.3, -0.25) is 4.98 Å². The van der Waals surface area contributed by atoms with Crippen molar-refractivity contribution in [3.05, 3.63) is 24.5 Å². The maximum atomic E-state index is 4.10. The summed E-state index contributed by atoms with van der Waals surface area (Å²) in [7, 11) is 0. The largest absolute Gasteiger partial charge is 0.384 e. The number of anilines is 1. The van der Waals surface area contributed by atoms with Crippen molar-refractivity contribution in [1.82, 2.24) is 4.98 Å². The van der Waals surface area contributed by atoms with Gasteiger partial charge in [0.05, 0.1) is 5.69 Å². The minimum absolute atomic E-state index is 1.07. The Morgan fingerprint density at radius 1 is 0.850 bits per heavy atom. The van der Waals surface area contributed by atoms with Gasteiger partial charge in [0.2, 0.25) is 0 Å². The molecule has 2 nitrogen and oxygen atoms in total. The maximum Gasteiger partial charge on any atom is 0.0526 e. The third-order valence-corrected chi connectivity index (χ3v) is 3.77. The lowest BCUT2D eigenvalue weighted by Gasteiger charge is -2.05. The van der Waals surface area contributed by atoms with Gasteiger partial charge >= 0.3 is 0 Å². The molecular formula is C18H32N2. The van der Waals surface area contributed by atoms with Crippen molar-refractivity contribution in [2.24, 2.45) is 0 Å². The first-order valence-electron chi connectivity index (χ1n) is 8.57. The summed E-state index contributed by atoms with van der Waals surface area (Å²) in [6.07, 6.45) is 19.1. The van der Waals surface area contributed by atoms with Crippen molar-refractivity contribution in [3.63, 3.8) is 0 Å². The molecule has 0 unspecified atom stereocenters. The Balaban J connectivity index is 1.77.